The molecule has 0 aliphatic carbocycles. The number of rotatable bonds is 10. The highest BCUT2D eigenvalue weighted by Gasteiger charge is 2.12. The van der Waals surface area contributed by atoms with Gasteiger partial charge in [0.15, 0.2) is 0 Å². The third kappa shape index (κ3) is 6.94. The van der Waals surface area contributed by atoms with Gasteiger partial charge in [-0.1, -0.05) is 47.0 Å². The van der Waals surface area contributed by atoms with Crippen molar-refractivity contribution in [3.63, 3.8) is 0 Å². The molecule has 1 heteroatoms. The molecular formula is C14H31N. The van der Waals surface area contributed by atoms with Crippen LogP contribution in [0.5, 0.6) is 0 Å². The monoisotopic (exact) mass is 213 g/mol. The van der Waals surface area contributed by atoms with Gasteiger partial charge in [-0.3, -0.25) is 0 Å². The van der Waals surface area contributed by atoms with Crippen LogP contribution in [-0.4, -0.2) is 24.0 Å². The maximum atomic E-state index is 2.70. The van der Waals surface area contributed by atoms with Gasteiger partial charge in [-0.15, -0.1) is 0 Å². The van der Waals surface area contributed by atoms with E-state index in [1.165, 1.54) is 58.0 Å². The molecule has 0 unspecified atom stereocenters. The van der Waals surface area contributed by atoms with E-state index in [2.05, 4.69) is 32.6 Å². The van der Waals surface area contributed by atoms with Crippen LogP contribution in [-0.2, 0) is 0 Å². The molecule has 0 amide bonds. The molecule has 15 heavy (non-hydrogen) atoms. The summed E-state index contributed by atoms with van der Waals surface area (Å²) in [4.78, 5) is 2.70. The first-order valence-electron chi connectivity index (χ1n) is 7.04. The van der Waals surface area contributed by atoms with Gasteiger partial charge in [0.1, 0.15) is 0 Å². The van der Waals surface area contributed by atoms with Crippen molar-refractivity contribution in [1.82, 2.24) is 4.90 Å². The van der Waals surface area contributed by atoms with Crippen LogP contribution >= 0.6 is 0 Å². The molecule has 0 aliphatic heterocycles. The predicted molar refractivity (Wildman–Crippen MR) is 70.4 cm³/mol. The Labute approximate surface area is 97.2 Å². The highest BCUT2D eigenvalue weighted by molar-refractivity contribution is 4.68. The molecule has 0 atom stereocenters. The maximum absolute atomic E-state index is 2.70. The fourth-order valence-corrected chi connectivity index (χ4v) is 2.31. The van der Waals surface area contributed by atoms with E-state index in [0.29, 0.717) is 0 Å². The molecule has 0 saturated heterocycles. The van der Waals surface area contributed by atoms with Crippen molar-refractivity contribution in [1.29, 1.82) is 0 Å². The van der Waals surface area contributed by atoms with Crippen LogP contribution < -0.4 is 0 Å². The van der Waals surface area contributed by atoms with Crippen LogP contribution in [0.1, 0.15) is 72.6 Å². The van der Waals surface area contributed by atoms with Crippen molar-refractivity contribution < 1.29 is 0 Å². The van der Waals surface area contributed by atoms with Gasteiger partial charge in [0, 0.05) is 6.04 Å². The topological polar surface area (TPSA) is 3.24 Å². The Bertz CT molecular complexity index is 119. The number of hydrogen-bond acceptors (Lipinski definition) is 1. The lowest BCUT2D eigenvalue weighted by atomic mass is 10.1. The van der Waals surface area contributed by atoms with Crippen molar-refractivity contribution in [2.45, 2.75) is 78.7 Å². The normalized spacial score (nSPS) is 11.6. The second-order valence-electron chi connectivity index (χ2n) is 4.57. The SMILES string of the molecule is CCCCCCN(CCC)C(CC)CC. The van der Waals surface area contributed by atoms with E-state index in [1.54, 1.807) is 0 Å². The van der Waals surface area contributed by atoms with Gasteiger partial charge in [0.2, 0.25) is 0 Å². The highest BCUT2D eigenvalue weighted by Crippen LogP contribution is 2.11. The molecule has 0 radical (unpaired) electrons. The highest BCUT2D eigenvalue weighted by atomic mass is 15.1. The fourth-order valence-electron chi connectivity index (χ4n) is 2.31. The molecule has 92 valence electrons. The first kappa shape index (κ1) is 15.0. The van der Waals surface area contributed by atoms with Crippen molar-refractivity contribution in [3.05, 3.63) is 0 Å². The van der Waals surface area contributed by atoms with Crippen molar-refractivity contribution >= 4 is 0 Å². The molecule has 0 aromatic rings. The Morgan fingerprint density at radius 3 is 1.87 bits per heavy atom. The molecule has 0 fully saturated rings. The first-order valence-corrected chi connectivity index (χ1v) is 7.04. The summed E-state index contributed by atoms with van der Waals surface area (Å²) in [6.45, 7) is 11.8. The van der Waals surface area contributed by atoms with Gasteiger partial charge in [-0.25, -0.2) is 0 Å². The lowest BCUT2D eigenvalue weighted by molar-refractivity contribution is 0.182. The Balaban J connectivity index is 3.80. The summed E-state index contributed by atoms with van der Waals surface area (Å²) in [7, 11) is 0. The van der Waals surface area contributed by atoms with Crippen LogP contribution in [0.2, 0.25) is 0 Å². The lowest BCUT2D eigenvalue weighted by Gasteiger charge is -2.30. The van der Waals surface area contributed by atoms with Crippen molar-refractivity contribution in [3.8, 4) is 0 Å². The van der Waals surface area contributed by atoms with E-state index < -0.39 is 0 Å². The number of unbranched alkanes of at least 4 members (excludes halogenated alkanes) is 3. The van der Waals surface area contributed by atoms with Gasteiger partial charge < -0.3 is 4.90 Å². The standard InChI is InChI=1S/C14H31N/c1-5-9-10-11-13-15(12-6-2)14(7-3)8-4/h14H,5-13H2,1-4H3. The molecule has 0 heterocycles. The summed E-state index contributed by atoms with van der Waals surface area (Å²) in [5.74, 6) is 0. The van der Waals surface area contributed by atoms with Gasteiger partial charge in [0.25, 0.3) is 0 Å². The molecule has 0 spiro atoms. The van der Waals surface area contributed by atoms with E-state index in [-0.39, 0.29) is 0 Å². The van der Waals surface area contributed by atoms with E-state index in [1.807, 2.05) is 0 Å². The average Bonchev–Trinajstić information content (AvgIpc) is 2.26. The fraction of sp³-hybridized carbons (Fsp3) is 1.00. The Morgan fingerprint density at radius 1 is 0.733 bits per heavy atom. The molecule has 0 N–H and O–H groups in total. The molecule has 0 aromatic heterocycles. The number of hydrogen-bond donors (Lipinski definition) is 0. The zero-order chi connectivity index (χ0) is 11.5. The number of nitrogens with zero attached hydrogens (tertiary/aromatic N) is 1. The van der Waals surface area contributed by atoms with Crippen LogP contribution in [0.3, 0.4) is 0 Å². The van der Waals surface area contributed by atoms with Gasteiger partial charge in [-0.2, -0.15) is 0 Å². The first-order chi connectivity index (χ1) is 7.29. The summed E-state index contributed by atoms with van der Waals surface area (Å²) in [5, 5.41) is 0. The minimum atomic E-state index is 0.826. The van der Waals surface area contributed by atoms with Crippen LogP contribution in [0.15, 0.2) is 0 Å². The summed E-state index contributed by atoms with van der Waals surface area (Å²) in [6.07, 6.45) is 9.47. The predicted octanol–water partition coefficient (Wildman–Crippen LogP) is 4.47. The van der Waals surface area contributed by atoms with Crippen molar-refractivity contribution in [2.24, 2.45) is 0 Å². The van der Waals surface area contributed by atoms with Gasteiger partial charge in [-0.05, 0) is 38.8 Å². The smallest absolute Gasteiger partial charge is 0.00900 e. The van der Waals surface area contributed by atoms with Gasteiger partial charge in [0.05, 0.1) is 0 Å². The molecular weight excluding hydrogens is 182 g/mol. The Kier molecular flexibility index (Phi) is 10.4. The Hall–Kier alpha value is -0.0400. The van der Waals surface area contributed by atoms with Crippen LogP contribution in [0, 0.1) is 0 Å². The summed E-state index contributed by atoms with van der Waals surface area (Å²) in [6, 6.07) is 0.826. The zero-order valence-corrected chi connectivity index (χ0v) is 11.4. The minimum absolute atomic E-state index is 0.826. The zero-order valence-electron chi connectivity index (χ0n) is 11.4. The summed E-state index contributed by atoms with van der Waals surface area (Å²) >= 11 is 0. The van der Waals surface area contributed by atoms with E-state index >= 15 is 0 Å². The molecule has 0 saturated carbocycles. The lowest BCUT2D eigenvalue weighted by Crippen LogP contribution is -2.35. The second-order valence-corrected chi connectivity index (χ2v) is 4.57. The molecule has 0 aliphatic rings. The molecule has 1 nitrogen and oxygen atoms in total. The Morgan fingerprint density at radius 2 is 1.40 bits per heavy atom. The van der Waals surface area contributed by atoms with E-state index in [9.17, 15) is 0 Å². The van der Waals surface area contributed by atoms with Crippen LogP contribution in [0.4, 0.5) is 0 Å². The molecule has 0 rings (SSSR count). The third-order valence-electron chi connectivity index (χ3n) is 3.27. The minimum Gasteiger partial charge on any atom is -0.300 e. The van der Waals surface area contributed by atoms with Crippen molar-refractivity contribution in [2.75, 3.05) is 13.1 Å². The van der Waals surface area contributed by atoms with Gasteiger partial charge >= 0.3 is 0 Å². The largest absolute Gasteiger partial charge is 0.300 e. The van der Waals surface area contributed by atoms with E-state index in [0.717, 1.165) is 6.04 Å². The summed E-state index contributed by atoms with van der Waals surface area (Å²) in [5.41, 5.74) is 0. The molecule has 0 aromatic carbocycles. The van der Waals surface area contributed by atoms with Crippen LogP contribution in [0.25, 0.3) is 0 Å². The second kappa shape index (κ2) is 10.5. The molecule has 0 bridgehead atoms. The maximum Gasteiger partial charge on any atom is 0.00900 e. The quantitative estimate of drug-likeness (QED) is 0.484. The summed E-state index contributed by atoms with van der Waals surface area (Å²) < 4.78 is 0. The average molecular weight is 213 g/mol. The third-order valence-corrected chi connectivity index (χ3v) is 3.27. The van der Waals surface area contributed by atoms with E-state index in [4.69, 9.17) is 0 Å².